The van der Waals surface area contributed by atoms with Crippen LogP contribution in [0.3, 0.4) is 0 Å². The van der Waals surface area contributed by atoms with E-state index in [-0.39, 0.29) is 11.5 Å². The van der Waals surface area contributed by atoms with Crippen LogP contribution in [0.2, 0.25) is 0 Å². The zero-order chi connectivity index (χ0) is 12.6. The molecule has 0 heterocycles. The Labute approximate surface area is 110 Å². The summed E-state index contributed by atoms with van der Waals surface area (Å²) in [4.78, 5) is 0. The van der Waals surface area contributed by atoms with Gasteiger partial charge in [-0.05, 0) is 48.1 Å². The van der Waals surface area contributed by atoms with E-state index < -0.39 is 0 Å². The predicted molar refractivity (Wildman–Crippen MR) is 74.6 cm³/mol. The molecule has 2 saturated carbocycles. The fourth-order valence-corrected chi connectivity index (χ4v) is 3.68. The molecule has 18 heavy (non-hydrogen) atoms. The van der Waals surface area contributed by atoms with Gasteiger partial charge in [-0.1, -0.05) is 50.5 Å². The van der Waals surface area contributed by atoms with Crippen LogP contribution in [0.5, 0.6) is 0 Å². The highest BCUT2D eigenvalue weighted by Crippen LogP contribution is 2.49. The average Bonchev–Trinajstić information content (AvgIpc) is 2.75. The molecule has 0 saturated heterocycles. The first kappa shape index (κ1) is 12.2. The minimum atomic E-state index is -0.267. The van der Waals surface area contributed by atoms with Gasteiger partial charge < -0.3 is 5.11 Å². The van der Waals surface area contributed by atoms with E-state index in [4.69, 9.17) is 0 Å². The number of benzene rings is 1. The van der Waals surface area contributed by atoms with Crippen LogP contribution < -0.4 is 0 Å². The second kappa shape index (κ2) is 4.70. The Bertz CT molecular complexity index is 413. The number of hydrogen-bond acceptors (Lipinski definition) is 1. The molecule has 2 aliphatic rings. The van der Waals surface area contributed by atoms with Gasteiger partial charge in [-0.15, -0.1) is 0 Å². The smallest absolute Gasteiger partial charge is 0.0846 e. The molecule has 0 aromatic heterocycles. The van der Waals surface area contributed by atoms with Gasteiger partial charge in [0.1, 0.15) is 0 Å². The summed E-state index contributed by atoms with van der Waals surface area (Å²) in [7, 11) is 0. The molecule has 1 unspecified atom stereocenters. The van der Waals surface area contributed by atoms with Gasteiger partial charge in [-0.25, -0.2) is 0 Å². The van der Waals surface area contributed by atoms with Crippen molar-refractivity contribution >= 4 is 0 Å². The topological polar surface area (TPSA) is 20.2 Å². The van der Waals surface area contributed by atoms with E-state index in [0.29, 0.717) is 5.92 Å². The Hall–Kier alpha value is -0.820. The number of hydrogen-bond donors (Lipinski definition) is 1. The normalized spacial score (nSPS) is 24.8. The van der Waals surface area contributed by atoms with E-state index in [1.54, 1.807) is 0 Å². The van der Waals surface area contributed by atoms with Gasteiger partial charge in [0, 0.05) is 0 Å². The van der Waals surface area contributed by atoms with Crippen LogP contribution in [0, 0.1) is 5.41 Å². The monoisotopic (exact) mass is 244 g/mol. The lowest BCUT2D eigenvalue weighted by molar-refractivity contribution is 0.0395. The van der Waals surface area contributed by atoms with E-state index in [1.807, 2.05) is 0 Å². The van der Waals surface area contributed by atoms with Crippen molar-refractivity contribution in [1.82, 2.24) is 0 Å². The number of rotatable bonds is 3. The molecule has 0 amide bonds. The molecule has 2 fully saturated rings. The summed E-state index contributed by atoms with van der Waals surface area (Å²) < 4.78 is 0. The average molecular weight is 244 g/mol. The lowest BCUT2D eigenvalue weighted by atomic mass is 9.73. The summed E-state index contributed by atoms with van der Waals surface area (Å²) in [5.41, 5.74) is 2.75. The van der Waals surface area contributed by atoms with Crippen molar-refractivity contribution < 1.29 is 5.11 Å². The van der Waals surface area contributed by atoms with Crippen LogP contribution in [0.1, 0.15) is 75.0 Å². The van der Waals surface area contributed by atoms with Gasteiger partial charge in [-0.2, -0.15) is 0 Å². The summed E-state index contributed by atoms with van der Waals surface area (Å²) in [6, 6.07) is 8.60. The van der Waals surface area contributed by atoms with Gasteiger partial charge >= 0.3 is 0 Å². The van der Waals surface area contributed by atoms with Crippen molar-refractivity contribution in [3.8, 4) is 0 Å². The van der Waals surface area contributed by atoms with Crippen LogP contribution in [-0.4, -0.2) is 5.11 Å². The minimum absolute atomic E-state index is 0.111. The molecule has 1 aromatic carbocycles. The maximum Gasteiger partial charge on any atom is 0.0846 e. The van der Waals surface area contributed by atoms with Crippen LogP contribution in [0.25, 0.3) is 0 Å². The van der Waals surface area contributed by atoms with Crippen LogP contribution >= 0.6 is 0 Å². The lowest BCUT2D eigenvalue weighted by Crippen LogP contribution is -2.24. The summed E-state index contributed by atoms with van der Waals surface area (Å²) >= 11 is 0. The third-order valence-electron chi connectivity index (χ3n) is 5.24. The van der Waals surface area contributed by atoms with E-state index >= 15 is 0 Å². The number of aliphatic hydroxyl groups is 1. The maximum atomic E-state index is 10.8. The molecule has 0 bridgehead atoms. The molecule has 0 aliphatic heterocycles. The minimum Gasteiger partial charge on any atom is -0.388 e. The van der Waals surface area contributed by atoms with Crippen LogP contribution in [0.4, 0.5) is 0 Å². The highest BCUT2D eigenvalue weighted by atomic mass is 16.3. The van der Waals surface area contributed by atoms with E-state index in [1.165, 1.54) is 56.1 Å². The van der Waals surface area contributed by atoms with Gasteiger partial charge in [0.25, 0.3) is 0 Å². The van der Waals surface area contributed by atoms with Crippen molar-refractivity contribution in [2.45, 2.75) is 63.9 Å². The van der Waals surface area contributed by atoms with E-state index in [9.17, 15) is 5.11 Å². The second-order valence-corrected chi connectivity index (χ2v) is 6.52. The van der Waals surface area contributed by atoms with Crippen molar-refractivity contribution in [1.29, 1.82) is 0 Å². The fourth-order valence-electron chi connectivity index (χ4n) is 3.68. The first-order valence-corrected chi connectivity index (χ1v) is 7.48. The molecular weight excluding hydrogens is 220 g/mol. The van der Waals surface area contributed by atoms with Crippen LogP contribution in [0.15, 0.2) is 24.3 Å². The van der Waals surface area contributed by atoms with Crippen molar-refractivity contribution in [3.63, 3.8) is 0 Å². The summed E-state index contributed by atoms with van der Waals surface area (Å²) in [6.07, 6.45) is 8.60. The molecule has 1 aromatic rings. The number of aliphatic hydroxyl groups excluding tert-OH is 1. The molecule has 1 nitrogen and oxygen atoms in total. The SMILES string of the molecule is CC1(C(O)c2ccccc2C2CCC2)CCCC1. The Balaban J connectivity index is 1.90. The fraction of sp³-hybridized carbons (Fsp3) is 0.647. The van der Waals surface area contributed by atoms with E-state index in [0.717, 1.165) is 0 Å². The van der Waals surface area contributed by atoms with Gasteiger partial charge in [0.2, 0.25) is 0 Å². The Morgan fingerprint density at radius 2 is 1.78 bits per heavy atom. The zero-order valence-corrected chi connectivity index (χ0v) is 11.4. The zero-order valence-electron chi connectivity index (χ0n) is 11.4. The summed E-state index contributed by atoms with van der Waals surface area (Å²) in [6.45, 7) is 2.27. The van der Waals surface area contributed by atoms with Crippen LogP contribution in [-0.2, 0) is 0 Å². The van der Waals surface area contributed by atoms with Gasteiger partial charge in [0.15, 0.2) is 0 Å². The largest absolute Gasteiger partial charge is 0.388 e. The Morgan fingerprint density at radius 3 is 2.39 bits per heavy atom. The Morgan fingerprint density at radius 1 is 1.11 bits per heavy atom. The molecule has 3 rings (SSSR count). The highest BCUT2D eigenvalue weighted by molar-refractivity contribution is 5.34. The van der Waals surface area contributed by atoms with Crippen molar-refractivity contribution in [2.75, 3.05) is 0 Å². The van der Waals surface area contributed by atoms with E-state index in [2.05, 4.69) is 31.2 Å². The molecular formula is C17H24O. The predicted octanol–water partition coefficient (Wildman–Crippen LogP) is 4.57. The molecule has 98 valence electrons. The van der Waals surface area contributed by atoms with Gasteiger partial charge in [-0.3, -0.25) is 0 Å². The summed E-state index contributed by atoms with van der Waals surface area (Å²) in [5, 5.41) is 10.8. The standard InChI is InChI=1S/C17H24O/c1-17(11-4-5-12-17)16(18)15-10-3-2-9-14(15)13-7-6-8-13/h2-3,9-10,13,16,18H,4-8,11-12H2,1H3. The second-order valence-electron chi connectivity index (χ2n) is 6.52. The lowest BCUT2D eigenvalue weighted by Gasteiger charge is -2.35. The molecule has 2 aliphatic carbocycles. The third-order valence-corrected chi connectivity index (χ3v) is 5.24. The van der Waals surface area contributed by atoms with Crippen molar-refractivity contribution in [2.24, 2.45) is 5.41 Å². The molecule has 1 atom stereocenters. The molecule has 0 spiro atoms. The van der Waals surface area contributed by atoms with Crippen molar-refractivity contribution in [3.05, 3.63) is 35.4 Å². The third kappa shape index (κ3) is 1.99. The first-order valence-electron chi connectivity index (χ1n) is 7.48. The molecule has 1 N–H and O–H groups in total. The summed E-state index contributed by atoms with van der Waals surface area (Å²) in [5.74, 6) is 0.709. The first-order chi connectivity index (χ1) is 8.71. The quantitative estimate of drug-likeness (QED) is 0.826. The maximum absolute atomic E-state index is 10.8. The van der Waals surface area contributed by atoms with Gasteiger partial charge in [0.05, 0.1) is 6.10 Å². The molecule has 0 radical (unpaired) electrons. The highest BCUT2D eigenvalue weighted by Gasteiger charge is 2.38. The Kier molecular flexibility index (Phi) is 3.19. The molecule has 1 heteroatoms.